The normalized spacial score (nSPS) is 10.7. The fourth-order valence-electron chi connectivity index (χ4n) is 3.39. The lowest BCUT2D eigenvalue weighted by Crippen LogP contribution is -2.16. The number of nitrogens with zero attached hydrogens (tertiary/aromatic N) is 1. The predicted octanol–water partition coefficient (Wildman–Crippen LogP) is 5.78. The third kappa shape index (κ3) is 5.98. The van der Waals surface area contributed by atoms with Crippen LogP contribution in [0.1, 0.15) is 50.8 Å². The van der Waals surface area contributed by atoms with E-state index in [-0.39, 0.29) is 16.9 Å². The van der Waals surface area contributed by atoms with Crippen molar-refractivity contribution in [2.24, 2.45) is 0 Å². The highest BCUT2D eigenvalue weighted by Gasteiger charge is 2.27. The zero-order valence-electron chi connectivity index (χ0n) is 19.5. The molecule has 0 atom stereocenters. The maximum absolute atomic E-state index is 13.0. The molecule has 0 spiro atoms. The SMILES string of the molecule is C=C(C)CCc1c(OC)cc(/C=C/c2ccccc2)c(C(=O)OC)c1OC(=O)c1cccnc1. The van der Waals surface area contributed by atoms with E-state index in [1.165, 1.54) is 20.4 Å². The van der Waals surface area contributed by atoms with Crippen LogP contribution < -0.4 is 9.47 Å². The lowest BCUT2D eigenvalue weighted by Gasteiger charge is -2.19. The number of carbonyl (C=O) groups excluding carboxylic acids is 2. The van der Waals surface area contributed by atoms with Gasteiger partial charge >= 0.3 is 11.9 Å². The maximum atomic E-state index is 13.0. The summed E-state index contributed by atoms with van der Waals surface area (Å²) in [5, 5.41) is 0. The molecule has 0 N–H and O–H groups in total. The van der Waals surface area contributed by atoms with Gasteiger partial charge in [-0.15, -0.1) is 6.58 Å². The molecule has 0 unspecified atom stereocenters. The molecule has 0 aliphatic heterocycles. The number of methoxy groups -OCH3 is 2. The van der Waals surface area contributed by atoms with Gasteiger partial charge in [0, 0.05) is 18.0 Å². The molecule has 1 heterocycles. The Balaban J connectivity index is 2.20. The van der Waals surface area contributed by atoms with Gasteiger partial charge in [-0.2, -0.15) is 0 Å². The van der Waals surface area contributed by atoms with Crippen LogP contribution in [0.3, 0.4) is 0 Å². The smallest absolute Gasteiger partial charge is 0.345 e. The Morgan fingerprint density at radius 2 is 1.79 bits per heavy atom. The van der Waals surface area contributed by atoms with E-state index in [2.05, 4.69) is 11.6 Å². The Hall–Kier alpha value is -4.19. The molecule has 1 aromatic heterocycles. The standard InChI is InChI=1S/C28H27NO5/c1-19(2)12-15-23-24(32-3)17-21(14-13-20-9-6-5-7-10-20)25(28(31)33-4)26(23)34-27(30)22-11-8-16-29-18-22/h5-11,13-14,16-18H,1,12,15H2,2-4H3/b14-13+. The van der Waals surface area contributed by atoms with E-state index in [9.17, 15) is 9.59 Å². The van der Waals surface area contributed by atoms with Gasteiger partial charge in [-0.05, 0) is 49.1 Å². The predicted molar refractivity (Wildman–Crippen MR) is 132 cm³/mol. The van der Waals surface area contributed by atoms with Crippen molar-refractivity contribution in [2.75, 3.05) is 14.2 Å². The van der Waals surface area contributed by atoms with Crippen LogP contribution >= 0.6 is 0 Å². The number of hydrogen-bond acceptors (Lipinski definition) is 6. The second-order valence-electron chi connectivity index (χ2n) is 7.67. The highest BCUT2D eigenvalue weighted by Crippen LogP contribution is 2.38. The third-order valence-corrected chi connectivity index (χ3v) is 5.13. The van der Waals surface area contributed by atoms with Gasteiger partial charge in [-0.1, -0.05) is 48.1 Å². The summed E-state index contributed by atoms with van der Waals surface area (Å²) in [5.41, 5.74) is 3.37. The highest BCUT2D eigenvalue weighted by atomic mass is 16.5. The van der Waals surface area contributed by atoms with Crippen molar-refractivity contribution in [1.29, 1.82) is 0 Å². The van der Waals surface area contributed by atoms with Crippen molar-refractivity contribution in [2.45, 2.75) is 19.8 Å². The number of benzene rings is 2. The van der Waals surface area contributed by atoms with Crippen LogP contribution in [0.5, 0.6) is 11.5 Å². The number of rotatable bonds is 9. The molecular formula is C28H27NO5. The lowest BCUT2D eigenvalue weighted by molar-refractivity contribution is 0.0592. The number of ether oxygens (including phenoxy) is 3. The number of allylic oxidation sites excluding steroid dienone is 1. The van der Waals surface area contributed by atoms with Crippen molar-refractivity contribution in [3.8, 4) is 11.5 Å². The van der Waals surface area contributed by atoms with Gasteiger partial charge in [0.1, 0.15) is 11.3 Å². The van der Waals surface area contributed by atoms with E-state index < -0.39 is 11.9 Å². The van der Waals surface area contributed by atoms with Gasteiger partial charge < -0.3 is 14.2 Å². The minimum absolute atomic E-state index is 0.106. The summed E-state index contributed by atoms with van der Waals surface area (Å²) in [6.07, 6.45) is 7.68. The molecule has 0 bridgehead atoms. The van der Waals surface area contributed by atoms with Crippen molar-refractivity contribution >= 4 is 24.1 Å². The number of aromatic nitrogens is 1. The molecule has 2 aromatic carbocycles. The molecule has 0 saturated carbocycles. The Morgan fingerprint density at radius 1 is 1.03 bits per heavy atom. The molecule has 0 amide bonds. The quantitative estimate of drug-likeness (QED) is 0.176. The first kappa shape index (κ1) is 24.5. The second-order valence-corrected chi connectivity index (χ2v) is 7.67. The van der Waals surface area contributed by atoms with E-state index in [4.69, 9.17) is 14.2 Å². The zero-order valence-corrected chi connectivity index (χ0v) is 19.5. The van der Waals surface area contributed by atoms with Gasteiger partial charge in [0.2, 0.25) is 0 Å². The van der Waals surface area contributed by atoms with Crippen molar-refractivity contribution < 1.29 is 23.8 Å². The summed E-state index contributed by atoms with van der Waals surface area (Å²) in [7, 11) is 2.83. The summed E-state index contributed by atoms with van der Waals surface area (Å²) >= 11 is 0. The van der Waals surface area contributed by atoms with Crippen LogP contribution in [-0.2, 0) is 11.2 Å². The van der Waals surface area contributed by atoms with Gasteiger partial charge in [-0.3, -0.25) is 4.98 Å². The highest BCUT2D eigenvalue weighted by molar-refractivity contribution is 6.01. The van der Waals surface area contributed by atoms with E-state index >= 15 is 0 Å². The zero-order chi connectivity index (χ0) is 24.5. The average Bonchev–Trinajstić information content (AvgIpc) is 2.86. The Bertz CT molecular complexity index is 1200. The molecule has 0 radical (unpaired) electrons. The molecule has 6 nitrogen and oxygen atoms in total. The fourth-order valence-corrected chi connectivity index (χ4v) is 3.39. The van der Waals surface area contributed by atoms with E-state index in [1.807, 2.05) is 43.3 Å². The van der Waals surface area contributed by atoms with E-state index in [1.54, 1.807) is 30.5 Å². The number of esters is 2. The molecule has 6 heteroatoms. The van der Waals surface area contributed by atoms with E-state index in [0.717, 1.165) is 11.1 Å². The number of hydrogen-bond donors (Lipinski definition) is 0. The molecule has 0 fully saturated rings. The summed E-state index contributed by atoms with van der Waals surface area (Å²) in [6.45, 7) is 5.87. The first-order valence-electron chi connectivity index (χ1n) is 10.8. The van der Waals surface area contributed by atoms with Gasteiger partial charge in [0.05, 0.1) is 19.8 Å². The minimum atomic E-state index is -0.638. The van der Waals surface area contributed by atoms with Crippen LogP contribution in [0.4, 0.5) is 0 Å². The molecule has 174 valence electrons. The molecule has 0 aliphatic carbocycles. The Morgan fingerprint density at radius 3 is 2.41 bits per heavy atom. The topological polar surface area (TPSA) is 74.7 Å². The van der Waals surface area contributed by atoms with Crippen molar-refractivity contribution in [3.05, 3.63) is 101 Å². The van der Waals surface area contributed by atoms with Crippen LogP contribution in [0.15, 0.2) is 73.1 Å². The summed E-state index contributed by atoms with van der Waals surface area (Å²) < 4.78 is 16.6. The first-order valence-corrected chi connectivity index (χ1v) is 10.8. The Kier molecular flexibility index (Phi) is 8.35. The third-order valence-electron chi connectivity index (χ3n) is 5.13. The number of carbonyl (C=O) groups is 2. The molecule has 0 aliphatic rings. The Labute approximate surface area is 199 Å². The van der Waals surface area contributed by atoms with E-state index in [0.29, 0.717) is 29.7 Å². The lowest BCUT2D eigenvalue weighted by atomic mass is 9.96. The second kappa shape index (κ2) is 11.6. The summed E-state index contributed by atoms with van der Waals surface area (Å²) in [4.78, 5) is 29.9. The maximum Gasteiger partial charge on any atom is 0.345 e. The molecule has 0 saturated heterocycles. The number of pyridine rings is 1. The minimum Gasteiger partial charge on any atom is -0.496 e. The van der Waals surface area contributed by atoms with Crippen LogP contribution in [-0.4, -0.2) is 31.1 Å². The fraction of sp³-hybridized carbons (Fsp3) is 0.179. The van der Waals surface area contributed by atoms with Gasteiger partial charge in [0.25, 0.3) is 0 Å². The van der Waals surface area contributed by atoms with Crippen LogP contribution in [0.2, 0.25) is 0 Å². The summed E-state index contributed by atoms with van der Waals surface area (Å²) in [5.74, 6) is -0.661. The van der Waals surface area contributed by atoms with Crippen LogP contribution in [0.25, 0.3) is 12.2 Å². The first-order chi connectivity index (χ1) is 16.4. The summed E-state index contributed by atoms with van der Waals surface area (Å²) in [6, 6.07) is 14.6. The largest absolute Gasteiger partial charge is 0.496 e. The van der Waals surface area contributed by atoms with Crippen molar-refractivity contribution in [1.82, 2.24) is 4.98 Å². The molecule has 3 rings (SSSR count). The monoisotopic (exact) mass is 457 g/mol. The van der Waals surface area contributed by atoms with Crippen molar-refractivity contribution in [3.63, 3.8) is 0 Å². The van der Waals surface area contributed by atoms with Gasteiger partial charge in [0.15, 0.2) is 5.75 Å². The average molecular weight is 458 g/mol. The van der Waals surface area contributed by atoms with Gasteiger partial charge in [-0.25, -0.2) is 9.59 Å². The van der Waals surface area contributed by atoms with Crippen LogP contribution in [0, 0.1) is 0 Å². The molecule has 34 heavy (non-hydrogen) atoms. The molecular weight excluding hydrogens is 430 g/mol. The molecule has 3 aromatic rings.